The van der Waals surface area contributed by atoms with Gasteiger partial charge in [-0.05, 0) is 42.3 Å². The quantitative estimate of drug-likeness (QED) is 0.940. The smallest absolute Gasteiger partial charge is 0.254 e. The molecule has 2 heterocycles. The first-order valence-electron chi connectivity index (χ1n) is 7.25. The van der Waals surface area contributed by atoms with Crippen LogP contribution in [0.5, 0.6) is 0 Å². The van der Waals surface area contributed by atoms with E-state index in [1.807, 2.05) is 67.2 Å². The van der Waals surface area contributed by atoms with E-state index in [4.69, 9.17) is 0 Å². The monoisotopic (exact) mass is 284 g/mol. The first kappa shape index (κ1) is 13.9. The molecular weight excluding hydrogens is 264 g/mol. The molecule has 1 saturated heterocycles. The van der Waals surface area contributed by atoms with Gasteiger partial charge < -0.3 is 14.6 Å². The van der Waals surface area contributed by atoms with Gasteiger partial charge in [0.2, 0.25) is 0 Å². The summed E-state index contributed by atoms with van der Waals surface area (Å²) in [5.41, 5.74) is 0.969. The molecule has 0 atom stereocenters. The van der Waals surface area contributed by atoms with Crippen molar-refractivity contribution >= 4 is 5.91 Å². The molecule has 3 rings (SSSR count). The van der Waals surface area contributed by atoms with Crippen LogP contribution in [-0.4, -0.2) is 39.2 Å². The molecule has 1 N–H and O–H groups in total. The lowest BCUT2D eigenvalue weighted by molar-refractivity contribution is -0.110. The van der Waals surface area contributed by atoms with Crippen LogP contribution in [-0.2, 0) is 0 Å². The highest BCUT2D eigenvalue weighted by atomic mass is 16.3. The molecule has 2 aromatic rings. The van der Waals surface area contributed by atoms with Gasteiger partial charge in [0.25, 0.3) is 5.91 Å². The fourth-order valence-corrected chi connectivity index (χ4v) is 2.59. The summed E-state index contributed by atoms with van der Waals surface area (Å²) in [4.78, 5) is 14.0. The van der Waals surface area contributed by atoms with Crippen molar-refractivity contribution in [3.8, 4) is 5.69 Å². The van der Waals surface area contributed by atoms with Gasteiger partial charge in [0.1, 0.15) is 5.60 Å². The van der Waals surface area contributed by atoms with Gasteiger partial charge in [-0.2, -0.15) is 0 Å². The van der Waals surface area contributed by atoms with E-state index in [-0.39, 0.29) is 11.8 Å². The third-order valence-electron chi connectivity index (χ3n) is 4.31. The van der Waals surface area contributed by atoms with E-state index in [0.29, 0.717) is 18.7 Å². The number of amides is 1. The van der Waals surface area contributed by atoms with Gasteiger partial charge in [0, 0.05) is 23.6 Å². The Balaban J connectivity index is 1.70. The van der Waals surface area contributed by atoms with Crippen LogP contribution in [0.4, 0.5) is 0 Å². The molecule has 4 heteroatoms. The summed E-state index contributed by atoms with van der Waals surface area (Å²) in [6.07, 6.45) is 3.93. The summed E-state index contributed by atoms with van der Waals surface area (Å²) in [6, 6.07) is 11.5. The van der Waals surface area contributed by atoms with Gasteiger partial charge in [-0.1, -0.05) is 13.8 Å². The topological polar surface area (TPSA) is 45.5 Å². The van der Waals surface area contributed by atoms with Crippen LogP contribution in [0, 0.1) is 5.92 Å². The van der Waals surface area contributed by atoms with E-state index in [9.17, 15) is 9.90 Å². The summed E-state index contributed by atoms with van der Waals surface area (Å²) < 4.78 is 2.00. The van der Waals surface area contributed by atoms with E-state index in [2.05, 4.69) is 0 Å². The summed E-state index contributed by atoms with van der Waals surface area (Å²) in [7, 11) is 0. The minimum absolute atomic E-state index is 0.0145. The van der Waals surface area contributed by atoms with Crippen LogP contribution in [0.3, 0.4) is 0 Å². The zero-order chi connectivity index (χ0) is 15.0. The van der Waals surface area contributed by atoms with Crippen molar-refractivity contribution < 1.29 is 9.90 Å². The number of rotatable bonds is 3. The minimum Gasteiger partial charge on any atom is -0.386 e. The number of hydrogen-bond acceptors (Lipinski definition) is 2. The maximum Gasteiger partial charge on any atom is 0.254 e. The molecule has 110 valence electrons. The van der Waals surface area contributed by atoms with Crippen molar-refractivity contribution in [3.63, 3.8) is 0 Å². The number of carbonyl (C=O) groups excluding carboxylic acids is 1. The molecule has 0 bridgehead atoms. The van der Waals surface area contributed by atoms with Crippen molar-refractivity contribution in [1.82, 2.24) is 9.47 Å². The second-order valence-corrected chi connectivity index (χ2v) is 6.06. The van der Waals surface area contributed by atoms with Crippen molar-refractivity contribution in [2.24, 2.45) is 5.92 Å². The number of aromatic nitrogens is 1. The summed E-state index contributed by atoms with van der Waals surface area (Å²) in [5, 5.41) is 10.2. The Hall–Kier alpha value is -2.07. The van der Waals surface area contributed by atoms with Crippen LogP contribution in [0.15, 0.2) is 48.8 Å². The molecule has 0 unspecified atom stereocenters. The highest BCUT2D eigenvalue weighted by Crippen LogP contribution is 2.29. The Morgan fingerprint density at radius 1 is 1.14 bits per heavy atom. The second kappa shape index (κ2) is 5.04. The molecule has 0 saturated carbocycles. The van der Waals surface area contributed by atoms with Crippen LogP contribution >= 0.6 is 0 Å². The molecule has 1 fully saturated rings. The lowest BCUT2D eigenvalue weighted by Gasteiger charge is -2.49. The zero-order valence-corrected chi connectivity index (χ0v) is 12.4. The third kappa shape index (κ3) is 2.47. The van der Waals surface area contributed by atoms with E-state index < -0.39 is 5.60 Å². The first-order chi connectivity index (χ1) is 9.99. The standard InChI is InChI=1S/C17H20N2O2/c1-13(2)17(21)11-19(12-17)16(20)14-5-7-15(8-6-14)18-9-3-4-10-18/h3-10,13,21H,11-12H2,1-2H3. The highest BCUT2D eigenvalue weighted by molar-refractivity contribution is 5.95. The molecule has 0 spiro atoms. The van der Waals surface area contributed by atoms with E-state index >= 15 is 0 Å². The zero-order valence-electron chi connectivity index (χ0n) is 12.4. The summed E-state index contributed by atoms with van der Waals surface area (Å²) in [5.74, 6) is 0.150. The Bertz CT molecular complexity index is 623. The van der Waals surface area contributed by atoms with Gasteiger partial charge in [-0.25, -0.2) is 0 Å². The number of nitrogens with zero attached hydrogens (tertiary/aromatic N) is 2. The second-order valence-electron chi connectivity index (χ2n) is 6.06. The first-order valence-corrected chi connectivity index (χ1v) is 7.25. The van der Waals surface area contributed by atoms with Crippen molar-refractivity contribution in [2.45, 2.75) is 19.4 Å². The Morgan fingerprint density at radius 3 is 2.24 bits per heavy atom. The molecule has 21 heavy (non-hydrogen) atoms. The Labute approximate surface area is 124 Å². The van der Waals surface area contributed by atoms with E-state index in [0.717, 1.165) is 5.69 Å². The third-order valence-corrected chi connectivity index (χ3v) is 4.31. The van der Waals surface area contributed by atoms with Gasteiger partial charge in [-0.15, -0.1) is 0 Å². The Morgan fingerprint density at radius 2 is 1.71 bits per heavy atom. The fraction of sp³-hybridized carbons (Fsp3) is 0.353. The number of benzene rings is 1. The Kier molecular flexibility index (Phi) is 3.33. The molecule has 0 aliphatic carbocycles. The summed E-state index contributed by atoms with van der Waals surface area (Å²) in [6.45, 7) is 4.80. The average Bonchev–Trinajstić information content (AvgIpc) is 2.97. The predicted octanol–water partition coefficient (Wildman–Crippen LogP) is 2.32. The molecule has 1 aromatic heterocycles. The van der Waals surface area contributed by atoms with Gasteiger partial charge in [0.15, 0.2) is 0 Å². The van der Waals surface area contributed by atoms with Gasteiger partial charge in [0.05, 0.1) is 13.1 Å². The number of likely N-dealkylation sites (tertiary alicyclic amines) is 1. The van der Waals surface area contributed by atoms with Crippen LogP contribution in [0.2, 0.25) is 0 Å². The van der Waals surface area contributed by atoms with Crippen molar-refractivity contribution in [1.29, 1.82) is 0 Å². The average molecular weight is 284 g/mol. The molecule has 1 aliphatic rings. The SMILES string of the molecule is CC(C)C1(O)CN(C(=O)c2ccc(-n3cccc3)cc2)C1. The lowest BCUT2D eigenvalue weighted by atomic mass is 9.82. The molecule has 1 aliphatic heterocycles. The maximum atomic E-state index is 12.3. The van der Waals surface area contributed by atoms with Crippen molar-refractivity contribution in [2.75, 3.05) is 13.1 Å². The van der Waals surface area contributed by atoms with Crippen LogP contribution in [0.1, 0.15) is 24.2 Å². The number of carbonyl (C=O) groups is 1. The van der Waals surface area contributed by atoms with E-state index in [1.165, 1.54) is 0 Å². The van der Waals surface area contributed by atoms with Crippen LogP contribution < -0.4 is 0 Å². The minimum atomic E-state index is -0.721. The van der Waals surface area contributed by atoms with E-state index in [1.54, 1.807) is 4.90 Å². The number of aliphatic hydroxyl groups is 1. The van der Waals surface area contributed by atoms with Crippen LogP contribution in [0.25, 0.3) is 5.69 Å². The van der Waals surface area contributed by atoms with Gasteiger partial charge >= 0.3 is 0 Å². The molecule has 1 aromatic carbocycles. The number of β-amino-alcohol motifs (C(OH)–C–C–N with tert-alkyl or cyclic N) is 1. The molecular formula is C17H20N2O2. The molecule has 0 radical (unpaired) electrons. The normalized spacial score (nSPS) is 16.9. The maximum absolute atomic E-state index is 12.3. The predicted molar refractivity (Wildman–Crippen MR) is 81.5 cm³/mol. The largest absolute Gasteiger partial charge is 0.386 e. The lowest BCUT2D eigenvalue weighted by Crippen LogP contribution is -2.65. The molecule has 4 nitrogen and oxygen atoms in total. The highest BCUT2D eigenvalue weighted by Gasteiger charge is 2.45. The molecule has 1 amide bonds. The summed E-state index contributed by atoms with van der Waals surface area (Å²) >= 11 is 0. The van der Waals surface area contributed by atoms with Crippen molar-refractivity contribution in [3.05, 3.63) is 54.4 Å². The fourth-order valence-electron chi connectivity index (χ4n) is 2.59. The van der Waals surface area contributed by atoms with Gasteiger partial charge in [-0.3, -0.25) is 4.79 Å². The number of hydrogen-bond donors (Lipinski definition) is 1.